The van der Waals surface area contributed by atoms with E-state index < -0.39 is 41.3 Å². The van der Waals surface area contributed by atoms with Crippen molar-refractivity contribution in [1.82, 2.24) is 0 Å². The van der Waals surface area contributed by atoms with Gasteiger partial charge in [0.1, 0.15) is 5.82 Å². The second-order valence-corrected chi connectivity index (χ2v) is 6.92. The number of rotatable bonds is 4. The lowest BCUT2D eigenvalue weighted by Crippen LogP contribution is -2.14. The van der Waals surface area contributed by atoms with Gasteiger partial charge in [0, 0.05) is 10.9 Å². The molecule has 3 N–H and O–H groups in total. The van der Waals surface area contributed by atoms with Gasteiger partial charge in [-0.15, -0.1) is 0 Å². The molecule has 1 fully saturated rings. The van der Waals surface area contributed by atoms with Crippen LogP contribution in [-0.2, 0) is 6.18 Å². The van der Waals surface area contributed by atoms with E-state index >= 15 is 0 Å². The fourth-order valence-electron chi connectivity index (χ4n) is 3.76. The van der Waals surface area contributed by atoms with E-state index in [9.17, 15) is 32.9 Å². The van der Waals surface area contributed by atoms with Crippen molar-refractivity contribution in [2.45, 2.75) is 50.2 Å². The smallest absolute Gasteiger partial charge is 0.393 e. The average molecular weight is 372 g/mol. The van der Waals surface area contributed by atoms with Gasteiger partial charge < -0.3 is 15.3 Å². The van der Waals surface area contributed by atoms with Gasteiger partial charge in [0.15, 0.2) is 0 Å². The first-order chi connectivity index (χ1) is 12.2. The van der Waals surface area contributed by atoms with Crippen molar-refractivity contribution in [2.75, 3.05) is 0 Å². The lowest BCUT2D eigenvalue weighted by atomic mass is 9.93. The first-order valence-electron chi connectivity index (χ1n) is 8.51. The highest BCUT2D eigenvalue weighted by atomic mass is 19.4. The van der Waals surface area contributed by atoms with E-state index in [0.717, 1.165) is 6.07 Å². The van der Waals surface area contributed by atoms with Crippen LogP contribution in [0.2, 0.25) is 0 Å². The van der Waals surface area contributed by atoms with E-state index in [4.69, 9.17) is 0 Å². The number of alkyl halides is 3. The Morgan fingerprint density at radius 3 is 2.42 bits per heavy atom. The molecule has 3 nitrogen and oxygen atoms in total. The maximum absolute atomic E-state index is 14.8. The van der Waals surface area contributed by atoms with E-state index in [1.54, 1.807) is 0 Å². The minimum atomic E-state index is -4.70. The van der Waals surface area contributed by atoms with Crippen molar-refractivity contribution < 1.29 is 32.9 Å². The maximum Gasteiger partial charge on any atom is 0.417 e. The van der Waals surface area contributed by atoms with Gasteiger partial charge in [0.2, 0.25) is 0 Å². The fourth-order valence-corrected chi connectivity index (χ4v) is 3.76. The first kappa shape index (κ1) is 19.1. The molecule has 0 aliphatic heterocycles. The SMILES string of the molecule is OC(CCC1C[C@@H](O)C[C@H]1O)c1ccc2cccc(C(F)(F)F)c2c1F. The third kappa shape index (κ3) is 3.70. The molecule has 142 valence electrons. The second-order valence-electron chi connectivity index (χ2n) is 6.92. The van der Waals surface area contributed by atoms with Crippen LogP contribution in [0.25, 0.3) is 10.8 Å². The van der Waals surface area contributed by atoms with Crippen LogP contribution in [0.1, 0.15) is 42.9 Å². The molecule has 4 atom stereocenters. The Balaban J connectivity index is 1.87. The summed E-state index contributed by atoms with van der Waals surface area (Å²) in [7, 11) is 0. The molecule has 0 radical (unpaired) electrons. The van der Waals surface area contributed by atoms with Crippen molar-refractivity contribution >= 4 is 10.8 Å². The molecule has 2 aromatic carbocycles. The van der Waals surface area contributed by atoms with E-state index in [1.807, 2.05) is 0 Å². The number of benzene rings is 2. The molecule has 0 heterocycles. The minimum absolute atomic E-state index is 0.0884. The van der Waals surface area contributed by atoms with Crippen LogP contribution in [0.15, 0.2) is 30.3 Å². The quantitative estimate of drug-likeness (QED) is 0.713. The lowest BCUT2D eigenvalue weighted by molar-refractivity contribution is -0.136. The third-order valence-corrected chi connectivity index (χ3v) is 5.12. The van der Waals surface area contributed by atoms with Gasteiger partial charge in [0.05, 0.1) is 23.9 Å². The predicted octanol–water partition coefficient (Wildman–Crippen LogP) is 3.94. The maximum atomic E-state index is 14.8. The van der Waals surface area contributed by atoms with Crippen molar-refractivity contribution in [3.8, 4) is 0 Å². The van der Waals surface area contributed by atoms with Gasteiger partial charge in [-0.3, -0.25) is 0 Å². The highest BCUT2D eigenvalue weighted by molar-refractivity contribution is 5.87. The van der Waals surface area contributed by atoms with E-state index in [1.165, 1.54) is 24.3 Å². The summed E-state index contributed by atoms with van der Waals surface area (Å²) in [5.41, 5.74) is -1.27. The predicted molar refractivity (Wildman–Crippen MR) is 87.8 cm³/mol. The summed E-state index contributed by atoms with van der Waals surface area (Å²) in [5.74, 6) is -1.29. The molecule has 2 aromatic rings. The van der Waals surface area contributed by atoms with Gasteiger partial charge in [0.25, 0.3) is 0 Å². The second kappa shape index (κ2) is 7.13. The summed E-state index contributed by atoms with van der Waals surface area (Å²) in [4.78, 5) is 0. The third-order valence-electron chi connectivity index (χ3n) is 5.12. The molecule has 26 heavy (non-hydrogen) atoms. The zero-order valence-corrected chi connectivity index (χ0v) is 13.9. The monoisotopic (exact) mass is 372 g/mol. The fraction of sp³-hybridized carbons (Fsp3) is 0.474. The van der Waals surface area contributed by atoms with Crippen LogP contribution in [-0.4, -0.2) is 27.5 Å². The van der Waals surface area contributed by atoms with Crippen LogP contribution in [0, 0.1) is 11.7 Å². The first-order valence-corrected chi connectivity index (χ1v) is 8.51. The number of aliphatic hydroxyl groups excluding tert-OH is 3. The van der Waals surface area contributed by atoms with Gasteiger partial charge >= 0.3 is 6.18 Å². The van der Waals surface area contributed by atoms with Crippen molar-refractivity contribution in [1.29, 1.82) is 0 Å². The molecule has 7 heteroatoms. The van der Waals surface area contributed by atoms with E-state index in [2.05, 4.69) is 0 Å². The normalized spacial score (nSPS) is 25.0. The summed E-state index contributed by atoms with van der Waals surface area (Å²) in [5, 5.41) is 29.2. The Hall–Kier alpha value is -1.70. The lowest BCUT2D eigenvalue weighted by Gasteiger charge is -2.19. The van der Waals surface area contributed by atoms with Gasteiger partial charge in [-0.05, 0) is 43.1 Å². The van der Waals surface area contributed by atoms with E-state index in [-0.39, 0.29) is 29.7 Å². The highest BCUT2D eigenvalue weighted by Crippen LogP contribution is 2.39. The molecule has 0 bridgehead atoms. The summed E-state index contributed by atoms with van der Waals surface area (Å²) >= 11 is 0. The molecule has 1 aliphatic rings. The number of hydrogen-bond donors (Lipinski definition) is 3. The Morgan fingerprint density at radius 2 is 1.81 bits per heavy atom. The molecule has 2 unspecified atom stereocenters. The summed E-state index contributed by atoms with van der Waals surface area (Å²) < 4.78 is 54.3. The Morgan fingerprint density at radius 1 is 1.08 bits per heavy atom. The van der Waals surface area contributed by atoms with Crippen molar-refractivity contribution in [3.63, 3.8) is 0 Å². The van der Waals surface area contributed by atoms with Crippen molar-refractivity contribution in [3.05, 3.63) is 47.3 Å². The standard InChI is InChI=1S/C19H20F4O3/c20-18-13(15(25)7-5-11-8-12(24)9-16(11)26)6-4-10-2-1-3-14(17(10)18)19(21,22)23/h1-4,6,11-12,15-16,24-26H,5,7-9H2/t11?,12-,15?,16-/m1/s1. The molecular weight excluding hydrogens is 352 g/mol. The largest absolute Gasteiger partial charge is 0.417 e. The van der Waals surface area contributed by atoms with Crippen LogP contribution in [0.4, 0.5) is 17.6 Å². The minimum Gasteiger partial charge on any atom is -0.393 e. The topological polar surface area (TPSA) is 60.7 Å². The van der Waals surface area contributed by atoms with Crippen LogP contribution >= 0.6 is 0 Å². The molecule has 0 saturated heterocycles. The molecule has 1 aliphatic carbocycles. The van der Waals surface area contributed by atoms with Gasteiger partial charge in [-0.1, -0.05) is 24.3 Å². The number of halogens is 4. The summed E-state index contributed by atoms with van der Waals surface area (Å²) in [6.07, 6.45) is -6.18. The van der Waals surface area contributed by atoms with Gasteiger partial charge in [-0.2, -0.15) is 13.2 Å². The molecule has 0 aromatic heterocycles. The Kier molecular flexibility index (Phi) is 5.23. The molecule has 3 rings (SSSR count). The molecular formula is C19H20F4O3. The Bertz CT molecular complexity index is 790. The highest BCUT2D eigenvalue weighted by Gasteiger charge is 2.35. The Labute approximate surface area is 147 Å². The number of aliphatic hydroxyl groups is 3. The van der Waals surface area contributed by atoms with Crippen molar-refractivity contribution in [2.24, 2.45) is 5.92 Å². The molecule has 1 saturated carbocycles. The summed E-state index contributed by atoms with van der Waals surface area (Å²) in [6, 6.07) is 6.08. The molecule has 0 amide bonds. The number of hydrogen-bond acceptors (Lipinski definition) is 3. The zero-order valence-electron chi connectivity index (χ0n) is 13.9. The van der Waals surface area contributed by atoms with Crippen LogP contribution in [0.3, 0.4) is 0 Å². The molecule has 0 spiro atoms. The average Bonchev–Trinajstić information content (AvgIpc) is 2.89. The van der Waals surface area contributed by atoms with E-state index in [0.29, 0.717) is 12.8 Å². The summed E-state index contributed by atoms with van der Waals surface area (Å²) in [6.45, 7) is 0. The van der Waals surface area contributed by atoms with Crippen LogP contribution in [0.5, 0.6) is 0 Å². The zero-order chi connectivity index (χ0) is 19.1. The number of fused-ring (bicyclic) bond motifs is 1. The van der Waals surface area contributed by atoms with Gasteiger partial charge in [-0.25, -0.2) is 4.39 Å². The van der Waals surface area contributed by atoms with Crippen LogP contribution < -0.4 is 0 Å².